The Balaban J connectivity index is 0.00000433. The average Bonchev–Trinajstić information content (AvgIpc) is 3.09. The number of para-hydroxylation sites is 1. The molecule has 1 aliphatic carbocycles. The maximum Gasteiger partial charge on any atom is 0.320 e. The van der Waals surface area contributed by atoms with Crippen molar-refractivity contribution >= 4 is 58.2 Å². The van der Waals surface area contributed by atoms with Crippen LogP contribution < -0.4 is 5.32 Å². The number of carboxylic acid groups (broad SMARTS) is 1. The Hall–Kier alpha value is -3.56. The number of rotatable bonds is 9. The van der Waals surface area contributed by atoms with Gasteiger partial charge in [-0.15, -0.1) is 0 Å². The van der Waals surface area contributed by atoms with Crippen molar-refractivity contribution in [1.29, 1.82) is 0 Å². The quantitative estimate of drug-likeness (QED) is 0.179. The molecule has 2 fully saturated rings. The molecule has 1 aliphatic heterocycles. The van der Waals surface area contributed by atoms with Crippen LogP contribution in [0, 0.1) is 5.92 Å². The van der Waals surface area contributed by atoms with Gasteiger partial charge >= 0.3 is 5.97 Å². The van der Waals surface area contributed by atoms with E-state index in [1.807, 2.05) is 60.7 Å². The number of carboxylic acids is 1. The van der Waals surface area contributed by atoms with Gasteiger partial charge in [-0.2, -0.15) is 0 Å². The Bertz CT molecular complexity index is 1690. The fourth-order valence-corrected chi connectivity index (χ4v) is 7.10. The number of nitrogens with zero attached hydrogens (tertiary/aromatic N) is 3. The monoisotopic (exact) mass is 641 g/mol. The summed E-state index contributed by atoms with van der Waals surface area (Å²) in [6.07, 6.45) is 5.95. The number of hydrogen-bond donors (Lipinski definition) is 2. The molecule has 2 amide bonds. The number of carbonyl (C=O) groups excluding carboxylic acids is 2. The molecule has 8 nitrogen and oxygen atoms in total. The summed E-state index contributed by atoms with van der Waals surface area (Å²) in [6.45, 7) is 4.51. The van der Waals surface area contributed by atoms with E-state index in [1.165, 1.54) is 19.3 Å². The number of pyridine rings is 1. The zero-order valence-electron chi connectivity index (χ0n) is 27.4. The van der Waals surface area contributed by atoms with Crippen molar-refractivity contribution in [3.63, 3.8) is 0 Å². The Labute approximate surface area is 298 Å². The minimum atomic E-state index is -1.23. The molecule has 6 rings (SSSR count). The molecule has 1 saturated heterocycles. The molecule has 1 saturated carbocycles. The molecule has 2 aliphatic rings. The number of aromatic nitrogens is 1. The second-order valence-corrected chi connectivity index (χ2v) is 12.6. The topological polar surface area (TPSA) is 103 Å². The standard InChI is InChI=1S/C38H42N4O4.Na/c1-26(27-13-5-2-6-14-27)39-36(43)34-30-19-11-12-20-32(30)40-35(29-17-9-4-10-18-29)31(34)25-41-21-23-42(24-22-41)37(44)33(38(45)46)28-15-7-3-8-16-28;/h3-4,7-12,15-20,26-27,33H,2,5-6,13-14,21-25H2,1H3,(H,39,43)(H,45,46);/t26-,33?;/m0./s1. The predicted molar refractivity (Wildman–Crippen MR) is 185 cm³/mol. The SMILES string of the molecule is C[C@H](NC(=O)c1c(CN2CCN(C(=O)C(C(=O)O)c3ccccc3)CC2)c(-c2ccccc2)nc2ccccc12)C1CCCCC1.[Na]. The van der Waals surface area contributed by atoms with Crippen LogP contribution in [-0.2, 0) is 16.1 Å². The third-order valence-corrected chi connectivity index (χ3v) is 9.68. The maximum absolute atomic E-state index is 14.3. The first-order chi connectivity index (χ1) is 22.4. The predicted octanol–water partition coefficient (Wildman–Crippen LogP) is 5.73. The molecular formula is C38H42N4NaO4. The number of carbonyl (C=O) groups is 3. The van der Waals surface area contributed by atoms with E-state index in [1.54, 1.807) is 29.2 Å². The molecule has 0 bridgehead atoms. The van der Waals surface area contributed by atoms with Gasteiger partial charge < -0.3 is 15.3 Å². The van der Waals surface area contributed by atoms with E-state index in [4.69, 9.17) is 4.98 Å². The smallest absolute Gasteiger partial charge is 0.320 e. The van der Waals surface area contributed by atoms with Gasteiger partial charge in [0.05, 0.1) is 16.8 Å². The molecule has 1 aromatic heterocycles. The minimum Gasteiger partial charge on any atom is -0.480 e. The fraction of sp³-hybridized carbons (Fsp3) is 0.368. The van der Waals surface area contributed by atoms with Gasteiger partial charge in [0.15, 0.2) is 5.92 Å². The number of aliphatic carboxylic acids is 1. The van der Waals surface area contributed by atoms with Crippen LogP contribution in [0.15, 0.2) is 84.9 Å². The molecule has 9 heteroatoms. The normalized spacial score (nSPS) is 17.0. The summed E-state index contributed by atoms with van der Waals surface area (Å²) in [6, 6.07) is 26.6. The number of nitrogens with one attached hydrogen (secondary N) is 1. The number of hydrogen-bond acceptors (Lipinski definition) is 5. The number of piperazine rings is 1. The van der Waals surface area contributed by atoms with Crippen molar-refractivity contribution in [2.45, 2.75) is 57.5 Å². The molecule has 3 aromatic carbocycles. The Morgan fingerprint density at radius 2 is 1.47 bits per heavy atom. The van der Waals surface area contributed by atoms with Crippen LogP contribution in [0.25, 0.3) is 22.2 Å². The molecule has 0 spiro atoms. The third kappa shape index (κ3) is 7.95. The maximum atomic E-state index is 14.3. The molecule has 2 heterocycles. The molecule has 239 valence electrons. The van der Waals surface area contributed by atoms with Crippen LogP contribution >= 0.6 is 0 Å². The second kappa shape index (κ2) is 16.0. The number of benzene rings is 3. The van der Waals surface area contributed by atoms with Crippen molar-refractivity contribution in [2.75, 3.05) is 26.2 Å². The van der Waals surface area contributed by atoms with Gasteiger partial charge in [0.25, 0.3) is 5.91 Å². The summed E-state index contributed by atoms with van der Waals surface area (Å²) in [5, 5.41) is 14.1. The van der Waals surface area contributed by atoms with Gasteiger partial charge in [0.1, 0.15) is 0 Å². The van der Waals surface area contributed by atoms with Gasteiger partial charge in [-0.05, 0) is 37.3 Å². The van der Waals surface area contributed by atoms with E-state index in [2.05, 4.69) is 17.1 Å². The number of fused-ring (bicyclic) bond motifs is 1. The minimum absolute atomic E-state index is 0. The van der Waals surface area contributed by atoms with E-state index in [-0.39, 0.29) is 41.5 Å². The third-order valence-electron chi connectivity index (χ3n) is 9.68. The van der Waals surface area contributed by atoms with Crippen LogP contribution in [0.4, 0.5) is 0 Å². The molecule has 47 heavy (non-hydrogen) atoms. The van der Waals surface area contributed by atoms with E-state index in [0.717, 1.165) is 40.6 Å². The zero-order valence-corrected chi connectivity index (χ0v) is 29.4. The summed E-state index contributed by atoms with van der Waals surface area (Å²) in [7, 11) is 0. The summed E-state index contributed by atoms with van der Waals surface area (Å²) in [5.74, 6) is -2.38. The van der Waals surface area contributed by atoms with Crippen molar-refractivity contribution in [2.24, 2.45) is 5.92 Å². The Morgan fingerprint density at radius 3 is 2.13 bits per heavy atom. The van der Waals surface area contributed by atoms with E-state index in [0.29, 0.717) is 49.8 Å². The Morgan fingerprint density at radius 1 is 0.851 bits per heavy atom. The number of amides is 2. The van der Waals surface area contributed by atoms with Crippen molar-refractivity contribution < 1.29 is 19.5 Å². The first-order valence-electron chi connectivity index (χ1n) is 16.5. The van der Waals surface area contributed by atoms with Crippen LogP contribution in [0.2, 0.25) is 0 Å². The van der Waals surface area contributed by atoms with E-state index < -0.39 is 17.8 Å². The molecular weight excluding hydrogens is 599 g/mol. The first-order valence-corrected chi connectivity index (χ1v) is 16.5. The summed E-state index contributed by atoms with van der Waals surface area (Å²) < 4.78 is 0. The molecule has 2 atom stereocenters. The van der Waals surface area contributed by atoms with Gasteiger partial charge in [0, 0.05) is 84.8 Å². The first kappa shape index (κ1) is 34.8. The zero-order chi connectivity index (χ0) is 32.0. The van der Waals surface area contributed by atoms with Crippen LogP contribution in [0.3, 0.4) is 0 Å². The summed E-state index contributed by atoms with van der Waals surface area (Å²) in [4.78, 5) is 48.9. The van der Waals surface area contributed by atoms with Crippen molar-refractivity contribution in [3.8, 4) is 11.3 Å². The van der Waals surface area contributed by atoms with E-state index >= 15 is 0 Å². The van der Waals surface area contributed by atoms with Crippen LogP contribution in [0.1, 0.15) is 66.4 Å². The molecule has 1 unspecified atom stereocenters. The van der Waals surface area contributed by atoms with Gasteiger partial charge in [0.2, 0.25) is 5.91 Å². The molecule has 1 radical (unpaired) electrons. The van der Waals surface area contributed by atoms with Crippen molar-refractivity contribution in [3.05, 3.63) is 102 Å². The fourth-order valence-electron chi connectivity index (χ4n) is 7.10. The average molecular weight is 642 g/mol. The summed E-state index contributed by atoms with van der Waals surface area (Å²) >= 11 is 0. The van der Waals surface area contributed by atoms with Crippen LogP contribution in [-0.4, -0.2) is 99.5 Å². The summed E-state index contributed by atoms with van der Waals surface area (Å²) in [5.41, 5.74) is 4.50. The second-order valence-electron chi connectivity index (χ2n) is 12.6. The van der Waals surface area contributed by atoms with Crippen LogP contribution in [0.5, 0.6) is 0 Å². The largest absolute Gasteiger partial charge is 0.480 e. The molecule has 2 N–H and O–H groups in total. The van der Waals surface area contributed by atoms with Gasteiger partial charge in [-0.3, -0.25) is 19.3 Å². The van der Waals surface area contributed by atoms with Gasteiger partial charge in [-0.1, -0.05) is 98.1 Å². The van der Waals surface area contributed by atoms with E-state index in [9.17, 15) is 19.5 Å². The van der Waals surface area contributed by atoms with Crippen molar-refractivity contribution in [1.82, 2.24) is 20.1 Å². The molecule has 4 aromatic rings. The Kier molecular flexibility index (Phi) is 11.9. The van der Waals surface area contributed by atoms with Gasteiger partial charge in [-0.25, -0.2) is 4.98 Å².